The number of hydrogen-bond donors (Lipinski definition) is 0. The maximum Gasteiger partial charge on any atom is 0.114 e. The van der Waals surface area contributed by atoms with Crippen LogP contribution in [0.5, 0.6) is 0 Å². The van der Waals surface area contributed by atoms with Crippen molar-refractivity contribution in [1.29, 1.82) is 0 Å². The second-order valence-electron chi connectivity index (χ2n) is 12.1. The maximum absolute atomic E-state index is 4.91. The molecule has 3 nitrogen and oxygen atoms in total. The molecule has 0 bridgehead atoms. The van der Waals surface area contributed by atoms with E-state index in [0.717, 1.165) is 34.5 Å². The molecule has 0 atom stereocenters. The maximum atomic E-state index is 4.91. The number of rotatable bonds is 5. The molecule has 7 aromatic carbocycles. The van der Waals surface area contributed by atoms with Crippen LogP contribution >= 0.6 is 0 Å². The van der Waals surface area contributed by atoms with E-state index in [1.165, 1.54) is 60.1 Å². The van der Waals surface area contributed by atoms with Crippen LogP contribution in [0.15, 0.2) is 158 Å². The summed E-state index contributed by atoms with van der Waals surface area (Å²) in [4.78, 5) is 9.35. The molecule has 0 unspecified atom stereocenters. The van der Waals surface area contributed by atoms with Gasteiger partial charge in [-0.3, -0.25) is 9.55 Å². The molecule has 47 heavy (non-hydrogen) atoms. The Morgan fingerprint density at radius 2 is 1.17 bits per heavy atom. The molecule has 2 aromatic heterocycles. The van der Waals surface area contributed by atoms with Crippen LogP contribution in [0.2, 0.25) is 0 Å². The van der Waals surface area contributed by atoms with Gasteiger partial charge in [-0.25, -0.2) is 4.98 Å². The molecule has 0 spiro atoms. The van der Waals surface area contributed by atoms with Gasteiger partial charge >= 0.3 is 0 Å². The number of aromatic nitrogens is 3. The second kappa shape index (κ2) is 11.1. The topological polar surface area (TPSA) is 30.7 Å². The van der Waals surface area contributed by atoms with Gasteiger partial charge < -0.3 is 0 Å². The molecular formula is C44H31N3. The van der Waals surface area contributed by atoms with Gasteiger partial charge in [0.1, 0.15) is 5.82 Å². The number of fused-ring (bicyclic) bond motifs is 4. The highest BCUT2D eigenvalue weighted by molar-refractivity contribution is 6.22. The van der Waals surface area contributed by atoms with Gasteiger partial charge in [-0.15, -0.1) is 0 Å². The number of benzene rings is 7. The molecule has 0 aliphatic rings. The number of aryl methyl sites for hydroxylation is 1. The Kier molecular flexibility index (Phi) is 6.43. The largest absolute Gasteiger partial charge is 0.296 e. The Balaban J connectivity index is 1.26. The molecule has 9 aromatic rings. The summed E-state index contributed by atoms with van der Waals surface area (Å²) in [6, 6.07) is 52.7. The molecule has 0 amide bonds. The third-order valence-electron chi connectivity index (χ3n) is 9.42. The van der Waals surface area contributed by atoms with Crippen molar-refractivity contribution in [3.05, 3.63) is 164 Å². The fraction of sp³-hybridized carbons (Fsp3) is 0.0455. The van der Waals surface area contributed by atoms with Gasteiger partial charge in [0.25, 0.3) is 0 Å². The summed E-state index contributed by atoms with van der Waals surface area (Å²) in [7, 11) is 0. The predicted molar refractivity (Wildman–Crippen MR) is 197 cm³/mol. The first-order chi connectivity index (χ1) is 23.3. The lowest BCUT2D eigenvalue weighted by Gasteiger charge is -2.20. The van der Waals surface area contributed by atoms with Gasteiger partial charge in [0.2, 0.25) is 0 Å². The molecular weight excluding hydrogens is 571 g/mol. The zero-order chi connectivity index (χ0) is 31.3. The monoisotopic (exact) mass is 601 g/mol. The fourth-order valence-electron chi connectivity index (χ4n) is 7.33. The summed E-state index contributed by atoms with van der Waals surface area (Å²) in [6.45, 7) is 2.17. The number of nitrogens with zero attached hydrogens (tertiary/aromatic N) is 3. The molecule has 0 aliphatic heterocycles. The number of para-hydroxylation sites is 2. The number of hydrogen-bond acceptors (Lipinski definition) is 2. The average molecular weight is 602 g/mol. The minimum absolute atomic E-state index is 0.870. The van der Waals surface area contributed by atoms with Crippen LogP contribution in [0.3, 0.4) is 0 Å². The van der Waals surface area contributed by atoms with E-state index >= 15 is 0 Å². The van der Waals surface area contributed by atoms with Gasteiger partial charge in [0, 0.05) is 30.1 Å². The van der Waals surface area contributed by atoms with E-state index in [2.05, 4.69) is 156 Å². The van der Waals surface area contributed by atoms with Crippen molar-refractivity contribution in [3.8, 4) is 39.1 Å². The van der Waals surface area contributed by atoms with Crippen LogP contribution in [-0.2, 0) is 6.42 Å². The van der Waals surface area contributed by atoms with Crippen molar-refractivity contribution in [3.63, 3.8) is 0 Å². The lowest BCUT2D eigenvalue weighted by Crippen LogP contribution is -2.00. The fourth-order valence-corrected chi connectivity index (χ4v) is 7.33. The number of imidazole rings is 1. The lowest BCUT2D eigenvalue weighted by molar-refractivity contribution is 0.909. The summed E-state index contributed by atoms with van der Waals surface area (Å²) in [6.07, 6.45) is 4.66. The Hall–Kier alpha value is -6.06. The summed E-state index contributed by atoms with van der Waals surface area (Å²) in [5.41, 5.74) is 10.6. The van der Waals surface area contributed by atoms with E-state index in [1.807, 2.05) is 18.5 Å². The van der Waals surface area contributed by atoms with Crippen molar-refractivity contribution in [2.75, 3.05) is 0 Å². The van der Waals surface area contributed by atoms with Crippen molar-refractivity contribution >= 4 is 43.4 Å². The third kappa shape index (κ3) is 4.43. The molecule has 2 heterocycles. The first-order valence-corrected chi connectivity index (χ1v) is 16.2. The molecule has 0 fully saturated rings. The first kappa shape index (κ1) is 27.3. The highest BCUT2D eigenvalue weighted by Crippen LogP contribution is 2.46. The average Bonchev–Trinajstić information content (AvgIpc) is 3.53. The molecule has 0 N–H and O–H groups in total. The molecule has 0 saturated heterocycles. The van der Waals surface area contributed by atoms with Gasteiger partial charge in [-0.05, 0) is 96.5 Å². The van der Waals surface area contributed by atoms with E-state index in [-0.39, 0.29) is 0 Å². The minimum atomic E-state index is 0.870. The summed E-state index contributed by atoms with van der Waals surface area (Å²) in [5.74, 6) is 1.07. The Morgan fingerprint density at radius 1 is 0.532 bits per heavy atom. The molecule has 9 rings (SSSR count). The van der Waals surface area contributed by atoms with Crippen LogP contribution < -0.4 is 0 Å². The molecule has 0 saturated carbocycles. The molecule has 0 aliphatic carbocycles. The quantitative estimate of drug-likeness (QED) is 0.184. The van der Waals surface area contributed by atoms with E-state index in [4.69, 9.17) is 4.98 Å². The normalized spacial score (nSPS) is 11.6. The van der Waals surface area contributed by atoms with E-state index in [0.29, 0.717) is 0 Å². The smallest absolute Gasteiger partial charge is 0.114 e. The first-order valence-electron chi connectivity index (χ1n) is 16.2. The Morgan fingerprint density at radius 3 is 1.89 bits per heavy atom. The Labute approximate surface area is 273 Å². The molecule has 0 radical (unpaired) electrons. The van der Waals surface area contributed by atoms with E-state index in [1.54, 1.807) is 0 Å². The predicted octanol–water partition coefficient (Wildman–Crippen LogP) is 11.4. The van der Waals surface area contributed by atoms with Gasteiger partial charge in [0.05, 0.1) is 11.0 Å². The van der Waals surface area contributed by atoms with Crippen molar-refractivity contribution < 1.29 is 0 Å². The van der Waals surface area contributed by atoms with E-state index in [9.17, 15) is 0 Å². The summed E-state index contributed by atoms with van der Waals surface area (Å²) in [5, 5.41) is 7.40. The number of pyridine rings is 1. The molecule has 222 valence electrons. The third-order valence-corrected chi connectivity index (χ3v) is 9.42. The van der Waals surface area contributed by atoms with Crippen molar-refractivity contribution in [2.45, 2.75) is 13.3 Å². The summed E-state index contributed by atoms with van der Waals surface area (Å²) >= 11 is 0. The zero-order valence-corrected chi connectivity index (χ0v) is 26.1. The standard InChI is InChI=1S/C44H31N3/c1-2-42-46-40-19-9-10-20-41(40)47(42)33-24-23-29-26-31(22-21-30(29)27-33)43-36-15-5-7-17-38(36)44(39-18-8-6-16-37(39)43)35-14-4-3-13-34(35)32-12-11-25-45-28-32/h3-28H,2H2,1H3. The Bertz CT molecular complexity index is 2560. The van der Waals surface area contributed by atoms with E-state index < -0.39 is 0 Å². The van der Waals surface area contributed by atoms with Gasteiger partial charge in [-0.1, -0.05) is 116 Å². The minimum Gasteiger partial charge on any atom is -0.296 e. The van der Waals surface area contributed by atoms with Crippen molar-refractivity contribution in [2.24, 2.45) is 0 Å². The van der Waals surface area contributed by atoms with Gasteiger partial charge in [-0.2, -0.15) is 0 Å². The van der Waals surface area contributed by atoms with Crippen LogP contribution in [-0.4, -0.2) is 14.5 Å². The summed E-state index contributed by atoms with van der Waals surface area (Å²) < 4.78 is 2.30. The highest BCUT2D eigenvalue weighted by Gasteiger charge is 2.19. The highest BCUT2D eigenvalue weighted by atomic mass is 15.1. The van der Waals surface area contributed by atoms with Crippen molar-refractivity contribution in [1.82, 2.24) is 14.5 Å². The molecule has 3 heteroatoms. The van der Waals surface area contributed by atoms with Gasteiger partial charge in [0.15, 0.2) is 0 Å². The van der Waals surface area contributed by atoms with Crippen LogP contribution in [0, 0.1) is 0 Å². The van der Waals surface area contributed by atoms with Crippen LogP contribution in [0.4, 0.5) is 0 Å². The second-order valence-corrected chi connectivity index (χ2v) is 12.1. The SMILES string of the molecule is CCc1nc2ccccc2n1-c1ccc2cc(-c3c4ccccc4c(-c4ccccc4-c4cccnc4)c4ccccc34)ccc2c1. The van der Waals surface area contributed by atoms with Crippen LogP contribution in [0.25, 0.3) is 82.4 Å². The zero-order valence-electron chi connectivity index (χ0n) is 26.1. The van der Waals surface area contributed by atoms with Crippen LogP contribution in [0.1, 0.15) is 12.7 Å². The lowest BCUT2D eigenvalue weighted by atomic mass is 9.84.